The Labute approximate surface area is 87.7 Å². The van der Waals surface area contributed by atoms with Crippen molar-refractivity contribution in [2.75, 3.05) is 12.9 Å². The molecule has 1 heterocycles. The highest BCUT2D eigenvalue weighted by Crippen LogP contribution is 2.34. The van der Waals surface area contributed by atoms with E-state index < -0.39 is 0 Å². The van der Waals surface area contributed by atoms with E-state index in [1.54, 1.807) is 25.1 Å². The van der Waals surface area contributed by atoms with Crippen molar-refractivity contribution in [1.29, 1.82) is 0 Å². The van der Waals surface area contributed by atoms with Crippen LogP contribution < -0.4 is 4.74 Å². The van der Waals surface area contributed by atoms with E-state index in [-0.39, 0.29) is 0 Å². The summed E-state index contributed by atoms with van der Waals surface area (Å²) in [4.78, 5) is 4.94. The number of hydrogen-bond donors (Lipinski definition) is 0. The number of aromatic nitrogens is 1. The number of methoxy groups -OCH3 is 1. The molecule has 2 nitrogen and oxygen atoms in total. The van der Waals surface area contributed by atoms with E-state index in [0.29, 0.717) is 5.15 Å². The van der Waals surface area contributed by atoms with Crippen LogP contribution in [0.2, 0.25) is 5.15 Å². The zero-order valence-electron chi connectivity index (χ0n) is 7.71. The fourth-order valence-electron chi connectivity index (χ4n) is 0.902. The van der Waals surface area contributed by atoms with Crippen LogP contribution in [-0.2, 0) is 0 Å². The molecule has 0 unspecified atom stereocenters. The molecule has 1 aromatic heterocycles. The van der Waals surface area contributed by atoms with Gasteiger partial charge in [-0.25, -0.2) is 4.98 Å². The second kappa shape index (κ2) is 5.35. The molecule has 4 heteroatoms. The van der Waals surface area contributed by atoms with Crippen molar-refractivity contribution in [2.24, 2.45) is 0 Å². The molecule has 0 aliphatic heterocycles. The van der Waals surface area contributed by atoms with Crippen molar-refractivity contribution in [3.05, 3.63) is 17.4 Å². The quantitative estimate of drug-likeness (QED) is 0.571. The lowest BCUT2D eigenvalue weighted by Crippen LogP contribution is -1.89. The molecule has 0 fully saturated rings. The summed E-state index contributed by atoms with van der Waals surface area (Å²) < 4.78 is 5.18. The zero-order valence-corrected chi connectivity index (χ0v) is 9.28. The van der Waals surface area contributed by atoms with Gasteiger partial charge in [0.15, 0.2) is 0 Å². The van der Waals surface area contributed by atoms with Gasteiger partial charge in [-0.2, -0.15) is 0 Å². The summed E-state index contributed by atoms with van der Waals surface area (Å²) in [6.45, 7) is 2.13. The van der Waals surface area contributed by atoms with Crippen molar-refractivity contribution in [1.82, 2.24) is 4.98 Å². The molecule has 72 valence electrons. The molecule has 0 bridgehead atoms. The number of hydrogen-bond acceptors (Lipinski definition) is 3. The van der Waals surface area contributed by atoms with E-state index >= 15 is 0 Å². The first-order valence-corrected chi connectivity index (χ1v) is 5.47. The topological polar surface area (TPSA) is 22.1 Å². The SMILES string of the molecule is CCCSc1c(OC)ccnc1Cl. The third-order valence-electron chi connectivity index (χ3n) is 1.50. The maximum atomic E-state index is 5.93. The number of rotatable bonds is 4. The van der Waals surface area contributed by atoms with Crippen LogP contribution in [-0.4, -0.2) is 17.8 Å². The summed E-state index contributed by atoms with van der Waals surface area (Å²) in [5, 5.41) is 0.526. The zero-order chi connectivity index (χ0) is 9.68. The summed E-state index contributed by atoms with van der Waals surface area (Å²) in [5.74, 6) is 1.83. The van der Waals surface area contributed by atoms with Gasteiger partial charge in [-0.05, 0) is 18.2 Å². The average Bonchev–Trinajstić information content (AvgIpc) is 2.15. The standard InChI is InChI=1S/C9H12ClNOS/c1-3-6-13-8-7(12-2)4-5-11-9(8)10/h4-5H,3,6H2,1-2H3. The summed E-state index contributed by atoms with van der Waals surface area (Å²) >= 11 is 7.61. The molecule has 0 aromatic carbocycles. The van der Waals surface area contributed by atoms with Gasteiger partial charge in [0, 0.05) is 6.20 Å². The van der Waals surface area contributed by atoms with Gasteiger partial charge in [0.2, 0.25) is 0 Å². The lowest BCUT2D eigenvalue weighted by atomic mass is 10.4. The van der Waals surface area contributed by atoms with Gasteiger partial charge < -0.3 is 4.74 Å². The summed E-state index contributed by atoms with van der Waals surface area (Å²) in [7, 11) is 1.64. The Bertz CT molecular complexity index is 280. The van der Waals surface area contributed by atoms with Crippen LogP contribution in [0, 0.1) is 0 Å². The maximum absolute atomic E-state index is 5.93. The van der Waals surface area contributed by atoms with Gasteiger partial charge in [-0.3, -0.25) is 0 Å². The highest BCUT2D eigenvalue weighted by molar-refractivity contribution is 7.99. The highest BCUT2D eigenvalue weighted by Gasteiger charge is 2.08. The molecule has 0 aliphatic carbocycles. The normalized spacial score (nSPS) is 10.1. The fraction of sp³-hybridized carbons (Fsp3) is 0.444. The summed E-state index contributed by atoms with van der Waals surface area (Å²) in [6, 6.07) is 1.82. The van der Waals surface area contributed by atoms with Crippen molar-refractivity contribution in [3.8, 4) is 5.75 Å². The van der Waals surface area contributed by atoms with Crippen molar-refractivity contribution >= 4 is 23.4 Å². The Hall–Kier alpha value is -0.410. The summed E-state index contributed by atoms with van der Waals surface area (Å²) in [5.41, 5.74) is 0. The molecule has 0 saturated heterocycles. The van der Waals surface area contributed by atoms with Crippen molar-refractivity contribution in [2.45, 2.75) is 18.2 Å². The minimum atomic E-state index is 0.526. The van der Waals surface area contributed by atoms with E-state index in [9.17, 15) is 0 Å². The van der Waals surface area contributed by atoms with Crippen LogP contribution in [0.25, 0.3) is 0 Å². The maximum Gasteiger partial charge on any atom is 0.146 e. The molecule has 0 spiro atoms. The number of nitrogens with zero attached hydrogens (tertiary/aromatic N) is 1. The first kappa shape index (κ1) is 10.7. The van der Waals surface area contributed by atoms with Gasteiger partial charge in [0.25, 0.3) is 0 Å². The van der Waals surface area contributed by atoms with Crippen LogP contribution in [0.15, 0.2) is 17.2 Å². The number of pyridine rings is 1. The monoisotopic (exact) mass is 217 g/mol. The second-order valence-corrected chi connectivity index (χ2v) is 3.94. The minimum Gasteiger partial charge on any atom is -0.495 e. The predicted molar refractivity (Wildman–Crippen MR) is 56.8 cm³/mol. The molecule has 0 aliphatic rings. The van der Waals surface area contributed by atoms with E-state index in [4.69, 9.17) is 16.3 Å². The predicted octanol–water partition coefficient (Wildman–Crippen LogP) is 3.25. The van der Waals surface area contributed by atoms with E-state index in [0.717, 1.165) is 22.8 Å². The lowest BCUT2D eigenvalue weighted by molar-refractivity contribution is 0.404. The van der Waals surface area contributed by atoms with Crippen LogP contribution in [0.3, 0.4) is 0 Å². The molecule has 0 radical (unpaired) electrons. The number of ether oxygens (including phenoxy) is 1. The van der Waals surface area contributed by atoms with Gasteiger partial charge in [0.1, 0.15) is 10.9 Å². The molecule has 13 heavy (non-hydrogen) atoms. The molecule has 0 amide bonds. The lowest BCUT2D eigenvalue weighted by Gasteiger charge is -2.07. The third-order valence-corrected chi connectivity index (χ3v) is 3.19. The van der Waals surface area contributed by atoms with Gasteiger partial charge in [-0.15, -0.1) is 11.8 Å². The number of thioether (sulfide) groups is 1. The molecular formula is C9H12ClNOS. The molecule has 1 rings (SSSR count). The van der Waals surface area contributed by atoms with Crippen LogP contribution >= 0.6 is 23.4 Å². The van der Waals surface area contributed by atoms with Gasteiger partial charge >= 0.3 is 0 Å². The second-order valence-electron chi connectivity index (χ2n) is 2.48. The third kappa shape index (κ3) is 2.78. The Morgan fingerprint density at radius 1 is 1.62 bits per heavy atom. The van der Waals surface area contributed by atoms with E-state index in [2.05, 4.69) is 11.9 Å². The van der Waals surface area contributed by atoms with Crippen LogP contribution in [0.4, 0.5) is 0 Å². The number of halogens is 1. The largest absolute Gasteiger partial charge is 0.495 e. The Kier molecular flexibility index (Phi) is 4.39. The molecular weight excluding hydrogens is 206 g/mol. The molecule has 1 aromatic rings. The Morgan fingerprint density at radius 2 is 2.38 bits per heavy atom. The van der Waals surface area contributed by atoms with Crippen molar-refractivity contribution in [3.63, 3.8) is 0 Å². The average molecular weight is 218 g/mol. The molecule has 0 saturated carbocycles. The fourth-order valence-corrected chi connectivity index (χ4v) is 2.09. The Balaban J connectivity index is 2.87. The van der Waals surface area contributed by atoms with Gasteiger partial charge in [-0.1, -0.05) is 18.5 Å². The van der Waals surface area contributed by atoms with E-state index in [1.165, 1.54) is 0 Å². The van der Waals surface area contributed by atoms with E-state index in [1.807, 2.05) is 6.07 Å². The smallest absolute Gasteiger partial charge is 0.146 e. The molecule has 0 atom stereocenters. The highest BCUT2D eigenvalue weighted by atomic mass is 35.5. The van der Waals surface area contributed by atoms with Crippen LogP contribution in [0.1, 0.15) is 13.3 Å². The molecule has 0 N–H and O–H groups in total. The minimum absolute atomic E-state index is 0.526. The van der Waals surface area contributed by atoms with Gasteiger partial charge in [0.05, 0.1) is 12.0 Å². The Morgan fingerprint density at radius 3 is 3.00 bits per heavy atom. The van der Waals surface area contributed by atoms with Crippen molar-refractivity contribution < 1.29 is 4.74 Å². The van der Waals surface area contributed by atoms with Crippen LogP contribution in [0.5, 0.6) is 5.75 Å². The summed E-state index contributed by atoms with van der Waals surface area (Å²) in [6.07, 6.45) is 2.76. The first-order chi connectivity index (χ1) is 6.29. The first-order valence-electron chi connectivity index (χ1n) is 4.11.